The molecule has 18 heavy (non-hydrogen) atoms. The molecule has 0 aromatic heterocycles. The Balaban J connectivity index is 2.75. The lowest BCUT2D eigenvalue weighted by Gasteiger charge is -2.35. The Kier molecular flexibility index (Phi) is 4.69. The van der Waals surface area contributed by atoms with Gasteiger partial charge in [0.2, 0.25) is 5.91 Å². The summed E-state index contributed by atoms with van der Waals surface area (Å²) in [4.78, 5) is 38.0. The van der Waals surface area contributed by atoms with Crippen LogP contribution in [0, 0.1) is 5.92 Å². The Morgan fingerprint density at radius 1 is 1.39 bits per heavy atom. The largest absolute Gasteiger partial charge is 0.353 e. The molecule has 0 aliphatic carbocycles. The van der Waals surface area contributed by atoms with Crippen LogP contribution in [0.2, 0.25) is 0 Å². The van der Waals surface area contributed by atoms with E-state index in [1.54, 1.807) is 7.05 Å². The first-order valence-corrected chi connectivity index (χ1v) is 6.13. The summed E-state index contributed by atoms with van der Waals surface area (Å²) in [6, 6.07) is -0.707. The van der Waals surface area contributed by atoms with E-state index in [2.05, 4.69) is 5.32 Å². The number of urea groups is 1. The zero-order valence-electron chi connectivity index (χ0n) is 11.4. The number of amides is 3. The predicted octanol–water partition coefficient (Wildman–Crippen LogP) is 0.0836. The fraction of sp³-hybridized carbons (Fsp3) is 0.750. The van der Waals surface area contributed by atoms with Gasteiger partial charge in [-0.1, -0.05) is 13.8 Å². The van der Waals surface area contributed by atoms with Crippen LogP contribution in [-0.4, -0.2) is 60.2 Å². The SMILES string of the molecule is CC(=O)[C@H](C(C)C)N(C)C(=O)N1CCNC(=O)C1. The summed E-state index contributed by atoms with van der Waals surface area (Å²) in [6.45, 7) is 6.29. The van der Waals surface area contributed by atoms with E-state index in [0.717, 1.165) is 0 Å². The Bertz CT molecular complexity index is 354. The Morgan fingerprint density at radius 2 is 2.00 bits per heavy atom. The van der Waals surface area contributed by atoms with Gasteiger partial charge in [0.15, 0.2) is 5.78 Å². The molecule has 1 aliphatic rings. The van der Waals surface area contributed by atoms with Gasteiger partial charge in [-0.15, -0.1) is 0 Å². The van der Waals surface area contributed by atoms with Crippen molar-refractivity contribution in [2.45, 2.75) is 26.8 Å². The molecule has 102 valence electrons. The molecule has 0 unspecified atom stereocenters. The van der Waals surface area contributed by atoms with E-state index in [1.165, 1.54) is 16.7 Å². The van der Waals surface area contributed by atoms with Crippen molar-refractivity contribution < 1.29 is 14.4 Å². The lowest BCUT2D eigenvalue weighted by Crippen LogP contribution is -2.56. The first kappa shape index (κ1) is 14.5. The summed E-state index contributed by atoms with van der Waals surface area (Å²) >= 11 is 0. The van der Waals surface area contributed by atoms with Crippen molar-refractivity contribution in [3.8, 4) is 0 Å². The lowest BCUT2D eigenvalue weighted by atomic mass is 9.99. The van der Waals surface area contributed by atoms with Crippen molar-refractivity contribution in [1.29, 1.82) is 0 Å². The number of ketones is 1. The van der Waals surface area contributed by atoms with Gasteiger partial charge in [0.05, 0.1) is 6.04 Å². The highest BCUT2D eigenvalue weighted by molar-refractivity contribution is 5.89. The van der Waals surface area contributed by atoms with Crippen LogP contribution >= 0.6 is 0 Å². The van der Waals surface area contributed by atoms with Gasteiger partial charge in [-0.05, 0) is 12.8 Å². The van der Waals surface area contributed by atoms with Crippen molar-refractivity contribution in [2.24, 2.45) is 5.92 Å². The number of piperazine rings is 1. The normalized spacial score (nSPS) is 17.4. The second kappa shape index (κ2) is 5.84. The number of carbonyl (C=O) groups is 3. The second-order valence-corrected chi connectivity index (χ2v) is 4.96. The Labute approximate surface area is 107 Å². The monoisotopic (exact) mass is 255 g/mol. The molecule has 1 aliphatic heterocycles. The van der Waals surface area contributed by atoms with Gasteiger partial charge in [0, 0.05) is 20.1 Å². The standard InChI is InChI=1S/C12H21N3O3/c1-8(2)11(9(3)16)14(4)12(18)15-6-5-13-10(17)7-15/h8,11H,5-7H2,1-4H3,(H,13,17)/t11-/m0/s1. The molecule has 0 spiro atoms. The molecule has 1 rings (SSSR count). The molecule has 0 aromatic carbocycles. The average molecular weight is 255 g/mol. The zero-order chi connectivity index (χ0) is 13.9. The molecule has 6 nitrogen and oxygen atoms in total. The topological polar surface area (TPSA) is 69.7 Å². The van der Waals surface area contributed by atoms with Crippen LogP contribution in [0.5, 0.6) is 0 Å². The van der Waals surface area contributed by atoms with E-state index in [-0.39, 0.29) is 30.2 Å². The molecule has 0 bridgehead atoms. The van der Waals surface area contributed by atoms with Gasteiger partial charge in [-0.25, -0.2) is 4.79 Å². The molecule has 1 saturated heterocycles. The summed E-state index contributed by atoms with van der Waals surface area (Å²) < 4.78 is 0. The van der Waals surface area contributed by atoms with E-state index in [4.69, 9.17) is 0 Å². The number of nitrogens with zero attached hydrogens (tertiary/aromatic N) is 2. The highest BCUT2D eigenvalue weighted by atomic mass is 16.2. The first-order valence-electron chi connectivity index (χ1n) is 6.13. The van der Waals surface area contributed by atoms with E-state index < -0.39 is 6.04 Å². The molecular formula is C12H21N3O3. The van der Waals surface area contributed by atoms with Crippen LogP contribution in [0.15, 0.2) is 0 Å². The van der Waals surface area contributed by atoms with E-state index in [9.17, 15) is 14.4 Å². The maximum Gasteiger partial charge on any atom is 0.320 e. The first-order chi connectivity index (χ1) is 8.34. The lowest BCUT2D eigenvalue weighted by molar-refractivity contribution is -0.123. The van der Waals surface area contributed by atoms with Gasteiger partial charge in [-0.2, -0.15) is 0 Å². The zero-order valence-corrected chi connectivity index (χ0v) is 11.4. The number of hydrogen-bond donors (Lipinski definition) is 1. The second-order valence-electron chi connectivity index (χ2n) is 4.96. The fourth-order valence-corrected chi connectivity index (χ4v) is 2.33. The van der Waals surface area contributed by atoms with Crippen molar-refractivity contribution >= 4 is 17.7 Å². The van der Waals surface area contributed by atoms with Crippen LogP contribution < -0.4 is 5.32 Å². The number of carbonyl (C=O) groups excluding carboxylic acids is 3. The minimum atomic E-state index is -0.442. The Morgan fingerprint density at radius 3 is 2.44 bits per heavy atom. The van der Waals surface area contributed by atoms with E-state index in [1.807, 2.05) is 13.8 Å². The third-order valence-corrected chi connectivity index (χ3v) is 3.08. The summed E-state index contributed by atoms with van der Waals surface area (Å²) in [5, 5.41) is 2.66. The van der Waals surface area contributed by atoms with Crippen LogP contribution in [0.4, 0.5) is 4.79 Å². The van der Waals surface area contributed by atoms with E-state index in [0.29, 0.717) is 13.1 Å². The molecule has 0 radical (unpaired) electrons. The third-order valence-electron chi connectivity index (χ3n) is 3.08. The summed E-state index contributed by atoms with van der Waals surface area (Å²) in [5.41, 5.74) is 0. The highest BCUT2D eigenvalue weighted by Crippen LogP contribution is 2.13. The van der Waals surface area contributed by atoms with Crippen molar-refractivity contribution in [1.82, 2.24) is 15.1 Å². The van der Waals surface area contributed by atoms with Crippen molar-refractivity contribution in [3.05, 3.63) is 0 Å². The number of hydrogen-bond acceptors (Lipinski definition) is 3. The summed E-state index contributed by atoms with van der Waals surface area (Å²) in [5.74, 6) is -0.149. The molecule has 1 fully saturated rings. The summed E-state index contributed by atoms with van der Waals surface area (Å²) in [7, 11) is 1.61. The van der Waals surface area contributed by atoms with Crippen LogP contribution in [0.25, 0.3) is 0 Å². The summed E-state index contributed by atoms with van der Waals surface area (Å²) in [6.07, 6.45) is 0. The van der Waals surface area contributed by atoms with Gasteiger partial charge in [0.25, 0.3) is 0 Å². The highest BCUT2D eigenvalue weighted by Gasteiger charge is 2.31. The molecule has 0 aromatic rings. The van der Waals surface area contributed by atoms with Crippen molar-refractivity contribution in [3.63, 3.8) is 0 Å². The quantitative estimate of drug-likeness (QED) is 0.776. The predicted molar refractivity (Wildman–Crippen MR) is 67.0 cm³/mol. The van der Waals surface area contributed by atoms with Crippen LogP contribution in [0.1, 0.15) is 20.8 Å². The van der Waals surface area contributed by atoms with Gasteiger partial charge in [-0.3, -0.25) is 9.59 Å². The molecule has 3 amide bonds. The fourth-order valence-electron chi connectivity index (χ4n) is 2.33. The number of nitrogens with one attached hydrogen (secondary N) is 1. The number of likely N-dealkylation sites (N-methyl/N-ethyl adjacent to an activating group) is 1. The molecular weight excluding hydrogens is 234 g/mol. The van der Waals surface area contributed by atoms with Gasteiger partial charge >= 0.3 is 6.03 Å². The number of Topliss-reactive ketones (excluding diaryl/α,β-unsaturated/α-hetero) is 1. The Hall–Kier alpha value is -1.59. The third kappa shape index (κ3) is 3.21. The molecule has 0 saturated carbocycles. The molecule has 1 heterocycles. The molecule has 6 heteroatoms. The van der Waals surface area contributed by atoms with Gasteiger partial charge < -0.3 is 15.1 Å². The minimum absolute atomic E-state index is 0.0395. The van der Waals surface area contributed by atoms with Crippen molar-refractivity contribution in [2.75, 3.05) is 26.7 Å². The number of rotatable bonds is 3. The minimum Gasteiger partial charge on any atom is -0.353 e. The van der Waals surface area contributed by atoms with Crippen LogP contribution in [0.3, 0.4) is 0 Å². The van der Waals surface area contributed by atoms with Gasteiger partial charge in [0.1, 0.15) is 6.54 Å². The smallest absolute Gasteiger partial charge is 0.320 e. The maximum absolute atomic E-state index is 12.2. The molecule has 1 atom stereocenters. The molecule has 1 N–H and O–H groups in total. The average Bonchev–Trinajstić information content (AvgIpc) is 2.26. The maximum atomic E-state index is 12.2. The van der Waals surface area contributed by atoms with Crippen LogP contribution in [-0.2, 0) is 9.59 Å². The van der Waals surface area contributed by atoms with E-state index >= 15 is 0 Å².